The van der Waals surface area contributed by atoms with Crippen LogP contribution in [0.2, 0.25) is 0 Å². The van der Waals surface area contributed by atoms with Crippen molar-refractivity contribution in [3.63, 3.8) is 0 Å². The predicted octanol–water partition coefficient (Wildman–Crippen LogP) is 6.26. The van der Waals surface area contributed by atoms with Crippen LogP contribution in [0.1, 0.15) is 37.1 Å². The van der Waals surface area contributed by atoms with Crippen molar-refractivity contribution in [3.05, 3.63) is 102 Å². The first-order valence-corrected chi connectivity index (χ1v) is 10.4. The minimum absolute atomic E-state index is 0.110. The van der Waals surface area contributed by atoms with Crippen LogP contribution in [-0.2, 0) is 0 Å². The molecule has 0 spiro atoms. The van der Waals surface area contributed by atoms with Gasteiger partial charge in [-0.05, 0) is 30.3 Å². The van der Waals surface area contributed by atoms with Crippen molar-refractivity contribution in [2.75, 3.05) is 7.05 Å². The van der Waals surface area contributed by atoms with E-state index in [0.717, 1.165) is 5.71 Å². The van der Waals surface area contributed by atoms with E-state index in [2.05, 4.69) is 79.5 Å². The van der Waals surface area contributed by atoms with E-state index in [9.17, 15) is 4.39 Å². The Morgan fingerprint density at radius 2 is 1.20 bits per heavy atom. The summed E-state index contributed by atoms with van der Waals surface area (Å²) in [6.07, 6.45) is 0. The van der Waals surface area contributed by atoms with E-state index in [1.165, 1.54) is 17.2 Å². The van der Waals surface area contributed by atoms with Gasteiger partial charge in [0.2, 0.25) is 0 Å². The van der Waals surface area contributed by atoms with Gasteiger partial charge in [0.25, 0.3) is 0 Å². The van der Waals surface area contributed by atoms with Crippen LogP contribution >= 0.6 is 0 Å². The molecule has 0 N–H and O–H groups in total. The summed E-state index contributed by atoms with van der Waals surface area (Å²) in [4.78, 5) is 8.05. The molecule has 30 heavy (non-hydrogen) atoms. The Hall–Kier alpha value is -2.98. The molecule has 1 aliphatic rings. The van der Waals surface area contributed by atoms with Crippen molar-refractivity contribution in [1.29, 1.82) is 0 Å². The number of nitrogens with zero attached hydrogens (tertiary/aromatic N) is 2. The maximum atomic E-state index is 14.1. The van der Waals surface area contributed by atoms with E-state index in [-0.39, 0.29) is 29.7 Å². The highest BCUT2D eigenvalue weighted by Gasteiger charge is 2.43. The summed E-state index contributed by atoms with van der Waals surface area (Å²) in [5.41, 5.74) is 3.41. The molecule has 154 valence electrons. The minimum atomic E-state index is -0.408. The third-order valence-electron chi connectivity index (χ3n) is 6.13. The first-order chi connectivity index (χ1) is 14.6. The zero-order chi connectivity index (χ0) is 21.1. The summed E-state index contributed by atoms with van der Waals surface area (Å²) in [5.74, 6) is -0.0385. The molecule has 1 fully saturated rings. The number of piperidine rings is 1. The lowest BCUT2D eigenvalue weighted by atomic mass is 9.74. The number of oxime groups is 1. The minimum Gasteiger partial charge on any atom is -0.354 e. The highest BCUT2D eigenvalue weighted by molar-refractivity contribution is 5.90. The quantitative estimate of drug-likeness (QED) is 0.481. The summed E-state index contributed by atoms with van der Waals surface area (Å²) in [5, 5.41) is 4.51. The number of para-hydroxylation sites is 1. The SMILES string of the molecule is CC1C(=NOc2ccccc2F)C(C)C(c2ccccc2)N(C)C1c1ccccc1. The summed E-state index contributed by atoms with van der Waals surface area (Å²) in [7, 11) is 2.18. The van der Waals surface area contributed by atoms with Crippen LogP contribution in [0.25, 0.3) is 0 Å². The largest absolute Gasteiger partial charge is 0.354 e. The van der Waals surface area contributed by atoms with Crippen molar-refractivity contribution in [2.24, 2.45) is 17.0 Å². The summed E-state index contributed by atoms with van der Waals surface area (Å²) < 4.78 is 14.1. The molecule has 0 radical (unpaired) electrons. The molecule has 4 rings (SSSR count). The number of hydrogen-bond acceptors (Lipinski definition) is 3. The lowest BCUT2D eigenvalue weighted by Crippen LogP contribution is -2.47. The molecular formula is C26H27FN2O. The van der Waals surface area contributed by atoms with Crippen LogP contribution in [0.3, 0.4) is 0 Å². The van der Waals surface area contributed by atoms with Gasteiger partial charge in [-0.1, -0.05) is 91.8 Å². The van der Waals surface area contributed by atoms with Crippen LogP contribution in [0, 0.1) is 17.7 Å². The molecule has 4 atom stereocenters. The number of benzene rings is 3. The van der Waals surface area contributed by atoms with Crippen molar-refractivity contribution < 1.29 is 9.23 Å². The second-order valence-corrected chi connectivity index (χ2v) is 7.99. The van der Waals surface area contributed by atoms with Gasteiger partial charge in [-0.3, -0.25) is 4.90 Å². The lowest BCUT2D eigenvalue weighted by molar-refractivity contribution is 0.0992. The third-order valence-corrected chi connectivity index (χ3v) is 6.13. The molecule has 0 saturated carbocycles. The van der Waals surface area contributed by atoms with Gasteiger partial charge >= 0.3 is 0 Å². The third kappa shape index (κ3) is 3.88. The Bertz CT molecular complexity index is 950. The Labute approximate surface area is 177 Å². The van der Waals surface area contributed by atoms with E-state index in [1.54, 1.807) is 18.2 Å². The van der Waals surface area contributed by atoms with E-state index in [1.807, 2.05) is 12.1 Å². The predicted molar refractivity (Wildman–Crippen MR) is 119 cm³/mol. The average molecular weight is 403 g/mol. The molecule has 3 aromatic carbocycles. The van der Waals surface area contributed by atoms with E-state index in [4.69, 9.17) is 4.84 Å². The number of rotatable bonds is 4. The van der Waals surface area contributed by atoms with Crippen molar-refractivity contribution in [1.82, 2.24) is 4.90 Å². The smallest absolute Gasteiger partial charge is 0.193 e. The molecule has 0 bridgehead atoms. The molecule has 1 heterocycles. The monoisotopic (exact) mass is 402 g/mol. The van der Waals surface area contributed by atoms with Gasteiger partial charge in [-0.15, -0.1) is 0 Å². The Balaban J connectivity index is 1.76. The Morgan fingerprint density at radius 1 is 0.733 bits per heavy atom. The molecule has 4 heteroatoms. The van der Waals surface area contributed by atoms with E-state index in [0.29, 0.717) is 0 Å². The zero-order valence-electron chi connectivity index (χ0n) is 17.6. The standard InChI is InChI=1S/C26H27FN2O/c1-18-24(28-30-23-17-11-10-16-22(23)27)19(2)26(21-14-8-5-9-15-21)29(3)25(18)20-12-6-4-7-13-20/h4-19,25-26H,1-3H3. The summed E-state index contributed by atoms with van der Waals surface area (Å²) in [6, 6.07) is 27.6. The Kier molecular flexibility index (Phi) is 5.96. The van der Waals surface area contributed by atoms with Crippen LogP contribution in [0.4, 0.5) is 4.39 Å². The van der Waals surface area contributed by atoms with Crippen LogP contribution < -0.4 is 4.84 Å². The summed E-state index contributed by atoms with van der Waals surface area (Å²) >= 11 is 0. The first-order valence-electron chi connectivity index (χ1n) is 10.4. The van der Waals surface area contributed by atoms with Crippen LogP contribution in [-0.4, -0.2) is 17.7 Å². The molecule has 0 aliphatic carbocycles. The molecule has 1 aliphatic heterocycles. The zero-order valence-corrected chi connectivity index (χ0v) is 17.6. The maximum absolute atomic E-state index is 14.1. The molecule has 0 amide bonds. The molecule has 4 unspecified atom stereocenters. The van der Waals surface area contributed by atoms with Gasteiger partial charge in [-0.2, -0.15) is 0 Å². The fourth-order valence-electron chi connectivity index (χ4n) is 4.75. The second kappa shape index (κ2) is 8.80. The fraction of sp³-hybridized carbons (Fsp3) is 0.269. The normalized spacial score (nSPS) is 24.5. The van der Waals surface area contributed by atoms with Gasteiger partial charge in [0, 0.05) is 23.9 Å². The lowest BCUT2D eigenvalue weighted by Gasteiger charge is -2.47. The fourth-order valence-corrected chi connectivity index (χ4v) is 4.75. The van der Waals surface area contributed by atoms with E-state index < -0.39 is 5.82 Å². The van der Waals surface area contributed by atoms with Gasteiger partial charge in [0.1, 0.15) is 0 Å². The van der Waals surface area contributed by atoms with E-state index >= 15 is 0 Å². The van der Waals surface area contributed by atoms with Crippen LogP contribution in [0.5, 0.6) is 5.75 Å². The number of halogens is 1. The molecule has 0 aromatic heterocycles. The highest BCUT2D eigenvalue weighted by atomic mass is 19.1. The highest BCUT2D eigenvalue weighted by Crippen LogP contribution is 2.45. The van der Waals surface area contributed by atoms with Crippen molar-refractivity contribution in [2.45, 2.75) is 25.9 Å². The maximum Gasteiger partial charge on any atom is 0.193 e. The van der Waals surface area contributed by atoms with Crippen LogP contribution in [0.15, 0.2) is 90.1 Å². The number of hydrogen-bond donors (Lipinski definition) is 0. The molecule has 3 aromatic rings. The first kappa shape index (κ1) is 20.3. The van der Waals surface area contributed by atoms with Gasteiger partial charge in [-0.25, -0.2) is 4.39 Å². The van der Waals surface area contributed by atoms with Crippen molar-refractivity contribution >= 4 is 5.71 Å². The average Bonchev–Trinajstić information content (AvgIpc) is 2.76. The summed E-state index contributed by atoms with van der Waals surface area (Å²) in [6.45, 7) is 4.35. The molecular weight excluding hydrogens is 375 g/mol. The molecule has 3 nitrogen and oxygen atoms in total. The van der Waals surface area contributed by atoms with Gasteiger partial charge in [0.05, 0.1) is 5.71 Å². The van der Waals surface area contributed by atoms with Gasteiger partial charge < -0.3 is 4.84 Å². The Morgan fingerprint density at radius 3 is 1.70 bits per heavy atom. The molecule has 1 saturated heterocycles. The number of likely N-dealkylation sites (tertiary alicyclic amines) is 1. The second-order valence-electron chi connectivity index (χ2n) is 7.99. The van der Waals surface area contributed by atoms with Crippen molar-refractivity contribution in [3.8, 4) is 5.75 Å². The topological polar surface area (TPSA) is 24.8 Å². The van der Waals surface area contributed by atoms with Gasteiger partial charge in [0.15, 0.2) is 11.6 Å².